The lowest BCUT2D eigenvalue weighted by Gasteiger charge is -2.13. The maximum absolute atomic E-state index is 11.8. The minimum atomic E-state index is -0.418. The third-order valence-electron chi connectivity index (χ3n) is 3.44. The van der Waals surface area contributed by atoms with Crippen LogP contribution in [0.1, 0.15) is 12.0 Å². The number of nitrogens with one attached hydrogen (secondary N) is 2. The molecule has 0 aromatic heterocycles. The Kier molecular flexibility index (Phi) is 2.76. The molecule has 5 nitrogen and oxygen atoms in total. The maximum Gasteiger partial charge on any atom is 0.266 e. The average Bonchev–Trinajstić information content (AvgIpc) is 3.11. The van der Waals surface area contributed by atoms with Gasteiger partial charge in [-0.3, -0.25) is 14.4 Å². The van der Waals surface area contributed by atoms with Crippen molar-refractivity contribution in [3.05, 3.63) is 35.9 Å². The van der Waals surface area contributed by atoms with Crippen LogP contribution in [0.5, 0.6) is 0 Å². The highest BCUT2D eigenvalue weighted by molar-refractivity contribution is 5.94. The summed E-state index contributed by atoms with van der Waals surface area (Å²) in [4.78, 5) is 28.2. The average molecular weight is 246 g/mol. The highest BCUT2D eigenvalue weighted by Crippen LogP contribution is 2.45. The van der Waals surface area contributed by atoms with Gasteiger partial charge in [-0.25, -0.2) is 5.48 Å². The first-order chi connectivity index (χ1) is 8.75. The molecule has 1 saturated heterocycles. The molecule has 0 radical (unpaired) electrons. The maximum atomic E-state index is 11.8. The molecule has 2 aliphatic rings. The van der Waals surface area contributed by atoms with Crippen molar-refractivity contribution in [3.63, 3.8) is 0 Å². The zero-order chi connectivity index (χ0) is 12.5. The lowest BCUT2D eigenvalue weighted by atomic mass is 10.2. The zero-order valence-electron chi connectivity index (χ0n) is 9.76. The van der Waals surface area contributed by atoms with E-state index in [0.717, 1.165) is 12.0 Å². The number of rotatable bonds is 4. The Morgan fingerprint density at radius 2 is 2.17 bits per heavy atom. The first kappa shape index (κ1) is 11.2. The van der Waals surface area contributed by atoms with Crippen LogP contribution in [0.3, 0.4) is 0 Å². The Morgan fingerprint density at radius 3 is 2.78 bits per heavy atom. The van der Waals surface area contributed by atoms with E-state index in [4.69, 9.17) is 4.84 Å². The van der Waals surface area contributed by atoms with Gasteiger partial charge in [0.15, 0.2) is 0 Å². The van der Waals surface area contributed by atoms with Crippen LogP contribution in [0, 0.1) is 11.8 Å². The van der Waals surface area contributed by atoms with Gasteiger partial charge in [-0.05, 0) is 12.0 Å². The van der Waals surface area contributed by atoms with E-state index in [1.807, 2.05) is 30.3 Å². The molecule has 1 aliphatic carbocycles. The largest absolute Gasteiger partial charge is 0.344 e. The standard InChI is InChI=1S/C13H14N2O3/c16-12-10-6-9(10)11(14-12)13(17)15-18-7-8-4-2-1-3-5-8/h1-5,9-11H,6-7H2,(H,14,16)(H,15,17)/t9-,10+,11+/m0/s1. The van der Waals surface area contributed by atoms with E-state index in [-0.39, 0.29) is 23.7 Å². The Balaban J connectivity index is 1.46. The van der Waals surface area contributed by atoms with Crippen molar-refractivity contribution in [2.45, 2.75) is 19.1 Å². The van der Waals surface area contributed by atoms with E-state index in [1.54, 1.807) is 0 Å². The molecule has 1 saturated carbocycles. The highest BCUT2D eigenvalue weighted by atomic mass is 16.6. The number of carbonyl (C=O) groups excluding carboxylic acids is 2. The summed E-state index contributed by atoms with van der Waals surface area (Å²) < 4.78 is 0. The zero-order valence-corrected chi connectivity index (χ0v) is 9.76. The van der Waals surface area contributed by atoms with Crippen LogP contribution in [-0.2, 0) is 21.0 Å². The number of amides is 2. The molecule has 94 valence electrons. The van der Waals surface area contributed by atoms with E-state index in [9.17, 15) is 9.59 Å². The number of carbonyl (C=O) groups is 2. The summed E-state index contributed by atoms with van der Waals surface area (Å²) in [5, 5.41) is 2.67. The fourth-order valence-electron chi connectivity index (χ4n) is 2.34. The van der Waals surface area contributed by atoms with Crippen LogP contribution < -0.4 is 10.8 Å². The van der Waals surface area contributed by atoms with Crippen LogP contribution in [0.15, 0.2) is 30.3 Å². The number of hydrogen-bond donors (Lipinski definition) is 2. The summed E-state index contributed by atoms with van der Waals surface area (Å²) in [5.41, 5.74) is 3.38. The summed E-state index contributed by atoms with van der Waals surface area (Å²) in [6.45, 7) is 0.321. The Labute approximate surface area is 104 Å². The molecule has 0 bridgehead atoms. The van der Waals surface area contributed by atoms with Crippen LogP contribution in [-0.4, -0.2) is 17.9 Å². The second kappa shape index (κ2) is 4.42. The van der Waals surface area contributed by atoms with Gasteiger partial charge in [0.25, 0.3) is 5.91 Å². The molecule has 5 heteroatoms. The first-order valence-corrected chi connectivity index (χ1v) is 6.01. The van der Waals surface area contributed by atoms with Gasteiger partial charge >= 0.3 is 0 Å². The smallest absolute Gasteiger partial charge is 0.266 e. The summed E-state index contributed by atoms with van der Waals surface area (Å²) in [7, 11) is 0. The molecule has 2 N–H and O–H groups in total. The molecular weight excluding hydrogens is 232 g/mol. The summed E-state index contributed by atoms with van der Waals surface area (Å²) in [5.74, 6) is -0.0554. The van der Waals surface area contributed by atoms with Crippen molar-refractivity contribution >= 4 is 11.8 Å². The molecule has 2 amide bonds. The normalized spacial score (nSPS) is 28.4. The third kappa shape index (κ3) is 2.09. The fraction of sp³-hybridized carbons (Fsp3) is 0.385. The van der Waals surface area contributed by atoms with Crippen molar-refractivity contribution in [1.82, 2.24) is 10.8 Å². The number of benzene rings is 1. The van der Waals surface area contributed by atoms with Crippen molar-refractivity contribution in [2.75, 3.05) is 0 Å². The summed E-state index contributed by atoms with van der Waals surface area (Å²) >= 11 is 0. The molecule has 0 unspecified atom stereocenters. The van der Waals surface area contributed by atoms with Crippen molar-refractivity contribution in [1.29, 1.82) is 0 Å². The Morgan fingerprint density at radius 1 is 1.39 bits per heavy atom. The molecule has 3 atom stereocenters. The van der Waals surface area contributed by atoms with Gasteiger partial charge in [-0.15, -0.1) is 0 Å². The molecule has 1 aromatic rings. The fourth-order valence-corrected chi connectivity index (χ4v) is 2.34. The van der Waals surface area contributed by atoms with Crippen LogP contribution >= 0.6 is 0 Å². The lowest BCUT2D eigenvalue weighted by Crippen LogP contribution is -2.44. The van der Waals surface area contributed by atoms with E-state index in [0.29, 0.717) is 6.61 Å². The molecule has 2 fully saturated rings. The van der Waals surface area contributed by atoms with Gasteiger partial charge < -0.3 is 5.32 Å². The molecule has 3 rings (SSSR count). The topological polar surface area (TPSA) is 67.4 Å². The predicted molar refractivity (Wildman–Crippen MR) is 62.9 cm³/mol. The van der Waals surface area contributed by atoms with E-state index in [1.165, 1.54) is 0 Å². The summed E-state index contributed by atoms with van der Waals surface area (Å²) in [6, 6.07) is 9.15. The Bertz CT molecular complexity index is 474. The summed E-state index contributed by atoms with van der Waals surface area (Å²) in [6.07, 6.45) is 0.822. The van der Waals surface area contributed by atoms with Gasteiger partial charge in [0.05, 0.1) is 6.61 Å². The SMILES string of the molecule is O=C1N[C@@H](C(=O)NOCc2ccccc2)[C@H]2C[C@@H]12. The first-order valence-electron chi connectivity index (χ1n) is 6.01. The molecule has 1 aromatic carbocycles. The molecule has 18 heavy (non-hydrogen) atoms. The van der Waals surface area contributed by atoms with Gasteiger partial charge in [-0.2, -0.15) is 0 Å². The van der Waals surface area contributed by atoms with E-state index < -0.39 is 6.04 Å². The molecule has 1 heterocycles. The quantitative estimate of drug-likeness (QED) is 0.754. The molecule has 1 aliphatic heterocycles. The lowest BCUT2D eigenvalue weighted by molar-refractivity contribution is -0.138. The van der Waals surface area contributed by atoms with Crippen LogP contribution in [0.25, 0.3) is 0 Å². The minimum absolute atomic E-state index is 0.0109. The van der Waals surface area contributed by atoms with Gasteiger partial charge in [0.2, 0.25) is 5.91 Å². The molecular formula is C13H14N2O3. The second-order valence-electron chi connectivity index (χ2n) is 4.73. The number of fused-ring (bicyclic) bond motifs is 1. The van der Waals surface area contributed by atoms with Gasteiger partial charge in [-0.1, -0.05) is 30.3 Å². The van der Waals surface area contributed by atoms with Gasteiger partial charge in [0.1, 0.15) is 6.04 Å². The van der Waals surface area contributed by atoms with Crippen LogP contribution in [0.4, 0.5) is 0 Å². The van der Waals surface area contributed by atoms with E-state index >= 15 is 0 Å². The minimum Gasteiger partial charge on any atom is -0.344 e. The Hall–Kier alpha value is -1.88. The van der Waals surface area contributed by atoms with Crippen molar-refractivity contribution < 1.29 is 14.4 Å². The second-order valence-corrected chi connectivity index (χ2v) is 4.73. The third-order valence-corrected chi connectivity index (χ3v) is 3.44. The van der Waals surface area contributed by atoms with Crippen molar-refractivity contribution in [3.8, 4) is 0 Å². The van der Waals surface area contributed by atoms with E-state index in [2.05, 4.69) is 10.8 Å². The predicted octanol–water partition coefficient (Wildman–Crippen LogP) is 0.369. The van der Waals surface area contributed by atoms with Crippen molar-refractivity contribution in [2.24, 2.45) is 11.8 Å². The monoisotopic (exact) mass is 246 g/mol. The number of hydroxylamine groups is 1. The van der Waals surface area contributed by atoms with Gasteiger partial charge in [0, 0.05) is 11.8 Å². The number of piperidine rings is 1. The molecule has 0 spiro atoms. The highest BCUT2D eigenvalue weighted by Gasteiger charge is 2.56. The van der Waals surface area contributed by atoms with Crippen LogP contribution in [0.2, 0.25) is 0 Å². The number of hydrogen-bond acceptors (Lipinski definition) is 3.